The van der Waals surface area contributed by atoms with E-state index in [-0.39, 0.29) is 16.6 Å². The first-order valence-corrected chi connectivity index (χ1v) is 12.6. The first-order valence-electron chi connectivity index (χ1n) is 11.2. The Balaban J connectivity index is 1.54. The molecule has 4 rings (SSSR count). The molecule has 2 aromatic heterocycles. The molecule has 34 heavy (non-hydrogen) atoms. The Hall–Kier alpha value is -3.25. The molecule has 0 bridgehead atoms. The molecule has 1 aromatic carbocycles. The zero-order valence-electron chi connectivity index (χ0n) is 19.8. The van der Waals surface area contributed by atoms with Crippen molar-refractivity contribution in [2.24, 2.45) is 7.05 Å². The van der Waals surface area contributed by atoms with Crippen molar-refractivity contribution in [1.82, 2.24) is 29.0 Å². The van der Waals surface area contributed by atoms with Gasteiger partial charge in [-0.3, -0.25) is 9.48 Å². The summed E-state index contributed by atoms with van der Waals surface area (Å²) in [5, 5.41) is 5.13. The van der Waals surface area contributed by atoms with Crippen LogP contribution >= 0.6 is 0 Å². The molecular weight excluding hydrogens is 458 g/mol. The van der Waals surface area contributed by atoms with Gasteiger partial charge in [-0.2, -0.15) is 9.40 Å². The van der Waals surface area contributed by atoms with Crippen molar-refractivity contribution >= 4 is 32.8 Å². The molecule has 0 N–H and O–H groups in total. The van der Waals surface area contributed by atoms with Crippen molar-refractivity contribution in [1.29, 1.82) is 0 Å². The quantitative estimate of drug-likeness (QED) is 0.491. The van der Waals surface area contributed by atoms with E-state index in [1.54, 1.807) is 41.8 Å². The fourth-order valence-corrected chi connectivity index (χ4v) is 5.86. The first kappa shape index (κ1) is 23.9. The number of piperazine rings is 1. The number of nitrogens with zero attached hydrogens (tertiary/aromatic N) is 7. The number of aryl methyl sites for hydroxylation is 1. The van der Waals surface area contributed by atoms with Crippen LogP contribution in [0.5, 0.6) is 5.75 Å². The van der Waals surface area contributed by atoms with Crippen molar-refractivity contribution in [3.05, 3.63) is 36.3 Å². The minimum absolute atomic E-state index is 0.00291. The molecule has 0 atom stereocenters. The molecule has 0 saturated carbocycles. The van der Waals surface area contributed by atoms with Gasteiger partial charge >= 0.3 is 0 Å². The highest BCUT2D eigenvalue weighted by Crippen LogP contribution is 2.29. The fourth-order valence-electron chi connectivity index (χ4n) is 4.22. The van der Waals surface area contributed by atoms with Gasteiger partial charge in [0.15, 0.2) is 5.65 Å². The highest BCUT2D eigenvalue weighted by molar-refractivity contribution is 7.89. The molecule has 1 aliphatic heterocycles. The van der Waals surface area contributed by atoms with E-state index >= 15 is 0 Å². The molecule has 1 fully saturated rings. The average molecular weight is 488 g/mol. The fraction of sp³-hybridized carbons (Fsp3) is 0.455. The van der Waals surface area contributed by atoms with Crippen LogP contribution in [-0.2, 0) is 17.1 Å². The Morgan fingerprint density at radius 1 is 1.12 bits per heavy atom. The predicted octanol–water partition coefficient (Wildman–Crippen LogP) is 1.36. The van der Waals surface area contributed by atoms with Gasteiger partial charge in [-0.05, 0) is 18.2 Å². The Kier molecular flexibility index (Phi) is 6.71. The summed E-state index contributed by atoms with van der Waals surface area (Å²) in [4.78, 5) is 25.8. The lowest BCUT2D eigenvalue weighted by atomic mass is 10.1. The maximum absolute atomic E-state index is 13.3. The van der Waals surface area contributed by atoms with E-state index < -0.39 is 10.0 Å². The molecule has 1 aliphatic rings. The topological polar surface area (TPSA) is 114 Å². The summed E-state index contributed by atoms with van der Waals surface area (Å²) >= 11 is 0. The number of hydrogen-bond donors (Lipinski definition) is 0. The third kappa shape index (κ3) is 4.18. The third-order valence-electron chi connectivity index (χ3n) is 6.11. The van der Waals surface area contributed by atoms with Crippen LogP contribution in [0.25, 0.3) is 11.0 Å². The molecule has 1 saturated heterocycles. The zero-order chi connectivity index (χ0) is 24.5. The van der Waals surface area contributed by atoms with Gasteiger partial charge in [-0.15, -0.1) is 0 Å². The van der Waals surface area contributed by atoms with Gasteiger partial charge in [-0.1, -0.05) is 13.8 Å². The summed E-state index contributed by atoms with van der Waals surface area (Å²) in [6.07, 6.45) is 3.27. The van der Waals surface area contributed by atoms with Crippen LogP contribution in [0.3, 0.4) is 0 Å². The molecule has 1 amide bonds. The van der Waals surface area contributed by atoms with E-state index in [1.165, 1.54) is 23.8 Å². The summed E-state index contributed by atoms with van der Waals surface area (Å²) in [6.45, 7) is 6.35. The van der Waals surface area contributed by atoms with Crippen molar-refractivity contribution in [2.75, 3.05) is 51.3 Å². The highest BCUT2D eigenvalue weighted by atomic mass is 32.2. The standard InChI is InChI=1S/C22H29N7O4S/c1-5-29(6-2)34(31,32)19-13-16(7-8-18(19)33-4)22(30)28-11-9-27(10-12-28)21-17-14-25-26(3)20(17)23-15-24-21/h7-8,13-15H,5-6,9-12H2,1-4H3. The van der Waals surface area contributed by atoms with E-state index in [0.717, 1.165) is 16.9 Å². The van der Waals surface area contributed by atoms with Gasteiger partial charge in [0.25, 0.3) is 5.91 Å². The van der Waals surface area contributed by atoms with E-state index in [4.69, 9.17) is 4.74 Å². The molecule has 3 heterocycles. The van der Waals surface area contributed by atoms with Crippen LogP contribution in [0.4, 0.5) is 5.82 Å². The van der Waals surface area contributed by atoms with E-state index in [0.29, 0.717) is 44.8 Å². The number of anilines is 1. The van der Waals surface area contributed by atoms with Crippen LogP contribution in [0, 0.1) is 0 Å². The predicted molar refractivity (Wildman–Crippen MR) is 128 cm³/mol. The Bertz CT molecular complexity index is 1300. The monoisotopic (exact) mass is 487 g/mol. The number of sulfonamides is 1. The van der Waals surface area contributed by atoms with Gasteiger partial charge in [-0.25, -0.2) is 18.4 Å². The molecule has 182 valence electrons. The summed E-state index contributed by atoms with van der Waals surface area (Å²) in [5.74, 6) is 0.798. The van der Waals surface area contributed by atoms with E-state index in [1.807, 2.05) is 7.05 Å². The van der Waals surface area contributed by atoms with E-state index in [9.17, 15) is 13.2 Å². The number of carbonyl (C=O) groups excluding carboxylic acids is 1. The largest absolute Gasteiger partial charge is 0.495 e. The van der Waals surface area contributed by atoms with Gasteiger partial charge < -0.3 is 14.5 Å². The second kappa shape index (κ2) is 9.55. The summed E-state index contributed by atoms with van der Waals surface area (Å²) in [5.41, 5.74) is 1.07. The Morgan fingerprint density at radius 2 is 1.82 bits per heavy atom. The van der Waals surface area contributed by atoms with Crippen LogP contribution in [0.1, 0.15) is 24.2 Å². The van der Waals surface area contributed by atoms with Crippen LogP contribution in [0.2, 0.25) is 0 Å². The summed E-state index contributed by atoms with van der Waals surface area (Å²) < 4.78 is 34.6. The Morgan fingerprint density at radius 3 is 2.47 bits per heavy atom. The number of aromatic nitrogens is 4. The lowest BCUT2D eigenvalue weighted by Gasteiger charge is -2.35. The molecule has 0 radical (unpaired) electrons. The number of carbonyl (C=O) groups is 1. The maximum Gasteiger partial charge on any atom is 0.254 e. The molecule has 0 unspecified atom stereocenters. The van der Waals surface area contributed by atoms with Crippen molar-refractivity contribution < 1.29 is 17.9 Å². The minimum Gasteiger partial charge on any atom is -0.495 e. The summed E-state index contributed by atoms with van der Waals surface area (Å²) in [6, 6.07) is 4.57. The van der Waals surface area contributed by atoms with Crippen LogP contribution < -0.4 is 9.64 Å². The van der Waals surface area contributed by atoms with Crippen molar-refractivity contribution in [2.45, 2.75) is 18.7 Å². The molecule has 0 aliphatic carbocycles. The van der Waals surface area contributed by atoms with Crippen molar-refractivity contribution in [3.8, 4) is 5.75 Å². The number of benzene rings is 1. The second-order valence-corrected chi connectivity index (χ2v) is 9.84. The molecular formula is C22H29N7O4S. The number of hydrogen-bond acceptors (Lipinski definition) is 8. The average Bonchev–Trinajstić information content (AvgIpc) is 3.24. The molecule has 12 heteroatoms. The number of fused-ring (bicyclic) bond motifs is 1. The maximum atomic E-state index is 13.3. The van der Waals surface area contributed by atoms with Gasteiger partial charge in [0, 0.05) is 51.9 Å². The lowest BCUT2D eigenvalue weighted by molar-refractivity contribution is 0.0746. The molecule has 3 aromatic rings. The van der Waals surface area contributed by atoms with Gasteiger partial charge in [0.1, 0.15) is 22.8 Å². The second-order valence-electron chi connectivity index (χ2n) is 7.94. The van der Waals surface area contributed by atoms with Crippen LogP contribution in [0.15, 0.2) is 35.6 Å². The molecule has 11 nitrogen and oxygen atoms in total. The highest BCUT2D eigenvalue weighted by Gasteiger charge is 2.29. The zero-order valence-corrected chi connectivity index (χ0v) is 20.6. The minimum atomic E-state index is -3.79. The Labute approximate surface area is 199 Å². The van der Waals surface area contributed by atoms with Gasteiger partial charge in [0.2, 0.25) is 10.0 Å². The van der Waals surface area contributed by atoms with E-state index in [2.05, 4.69) is 20.0 Å². The first-order chi connectivity index (χ1) is 16.3. The smallest absolute Gasteiger partial charge is 0.254 e. The lowest BCUT2D eigenvalue weighted by Crippen LogP contribution is -2.49. The summed E-state index contributed by atoms with van der Waals surface area (Å²) in [7, 11) is -0.534. The van der Waals surface area contributed by atoms with Crippen molar-refractivity contribution in [3.63, 3.8) is 0 Å². The normalized spacial score (nSPS) is 14.7. The third-order valence-corrected chi connectivity index (χ3v) is 8.18. The number of methoxy groups -OCH3 is 1. The number of ether oxygens (including phenoxy) is 1. The number of rotatable bonds is 7. The number of amides is 1. The van der Waals surface area contributed by atoms with Crippen LogP contribution in [-0.4, -0.2) is 89.7 Å². The SMILES string of the molecule is CCN(CC)S(=O)(=O)c1cc(C(=O)N2CCN(c3ncnc4c3cnn4C)CC2)ccc1OC. The molecule has 0 spiro atoms. The van der Waals surface area contributed by atoms with Gasteiger partial charge in [0.05, 0.1) is 18.7 Å².